The lowest BCUT2D eigenvalue weighted by Crippen LogP contribution is -2.35. The number of benzene rings is 1. The molecule has 1 atom stereocenters. The van der Waals surface area contributed by atoms with E-state index in [1.807, 2.05) is 26.0 Å². The van der Waals surface area contributed by atoms with Crippen LogP contribution >= 0.6 is 0 Å². The Morgan fingerprint density at radius 3 is 2.22 bits per heavy atom. The van der Waals surface area contributed by atoms with Crippen LogP contribution in [0.5, 0.6) is 0 Å². The van der Waals surface area contributed by atoms with Gasteiger partial charge in [-0.2, -0.15) is 0 Å². The van der Waals surface area contributed by atoms with Crippen LogP contribution in [0.1, 0.15) is 28.2 Å². The van der Waals surface area contributed by atoms with Crippen molar-refractivity contribution in [1.82, 2.24) is 9.88 Å². The lowest BCUT2D eigenvalue weighted by atomic mass is 10.1. The molecule has 6 heteroatoms. The number of carbonyl (C=O) groups excluding carboxylic acids is 1. The molecule has 1 amide bonds. The van der Waals surface area contributed by atoms with E-state index in [1.54, 1.807) is 12.1 Å². The predicted molar refractivity (Wildman–Crippen MR) is 89.8 cm³/mol. The molecule has 1 aromatic carbocycles. The van der Waals surface area contributed by atoms with Crippen LogP contribution in [0.3, 0.4) is 0 Å². The van der Waals surface area contributed by atoms with E-state index in [4.69, 9.17) is 0 Å². The summed E-state index contributed by atoms with van der Waals surface area (Å²) in [5, 5.41) is 2.80. The highest BCUT2D eigenvalue weighted by Gasteiger charge is 2.29. The van der Waals surface area contributed by atoms with Crippen molar-refractivity contribution in [1.29, 1.82) is 0 Å². The van der Waals surface area contributed by atoms with Crippen LogP contribution in [0, 0.1) is 13.8 Å². The normalized spacial score (nSPS) is 19.7. The quantitative estimate of drug-likeness (QED) is 0.935. The third-order valence-corrected chi connectivity index (χ3v) is 5.99. The zero-order chi connectivity index (χ0) is 16.6. The minimum Gasteiger partial charge on any atom is -0.348 e. The summed E-state index contributed by atoms with van der Waals surface area (Å²) in [6.45, 7) is 4.07. The second kappa shape index (κ2) is 5.85. The summed E-state index contributed by atoms with van der Waals surface area (Å²) in [6, 6.07) is 11.2. The molecule has 1 N–H and O–H groups in total. The Labute approximate surface area is 136 Å². The van der Waals surface area contributed by atoms with E-state index in [0.29, 0.717) is 12.0 Å². The number of nitrogens with one attached hydrogen (secondary N) is 1. The Morgan fingerprint density at radius 1 is 1.09 bits per heavy atom. The smallest absolute Gasteiger partial charge is 0.251 e. The lowest BCUT2D eigenvalue weighted by Gasteiger charge is -2.12. The van der Waals surface area contributed by atoms with Crippen molar-refractivity contribution in [3.05, 3.63) is 53.3 Å². The maximum absolute atomic E-state index is 12.2. The minimum absolute atomic E-state index is 0.0403. The third kappa shape index (κ3) is 3.32. The van der Waals surface area contributed by atoms with Gasteiger partial charge in [0.25, 0.3) is 5.91 Å². The van der Waals surface area contributed by atoms with Crippen LogP contribution in [0.25, 0.3) is 5.69 Å². The first-order valence-corrected chi connectivity index (χ1v) is 9.44. The molecule has 0 radical (unpaired) electrons. The number of hydrogen-bond donors (Lipinski definition) is 1. The lowest BCUT2D eigenvalue weighted by molar-refractivity contribution is 0.0941. The summed E-state index contributed by atoms with van der Waals surface area (Å²) >= 11 is 0. The van der Waals surface area contributed by atoms with Gasteiger partial charge in [-0.3, -0.25) is 4.79 Å². The van der Waals surface area contributed by atoms with Gasteiger partial charge in [0.15, 0.2) is 9.84 Å². The molecule has 0 saturated carbocycles. The number of rotatable bonds is 3. The van der Waals surface area contributed by atoms with E-state index in [2.05, 4.69) is 22.0 Å². The maximum atomic E-state index is 12.2. The highest BCUT2D eigenvalue weighted by atomic mass is 32.2. The van der Waals surface area contributed by atoms with Gasteiger partial charge < -0.3 is 9.88 Å². The van der Waals surface area contributed by atoms with Gasteiger partial charge in [-0.25, -0.2) is 8.42 Å². The minimum atomic E-state index is -2.99. The van der Waals surface area contributed by atoms with E-state index in [9.17, 15) is 13.2 Å². The SMILES string of the molecule is Cc1ccc(C)n1-c1ccc(C(=O)N[C@@H]2CCS(=O)(=O)C2)cc1. The van der Waals surface area contributed by atoms with Gasteiger partial charge >= 0.3 is 0 Å². The number of sulfone groups is 1. The summed E-state index contributed by atoms with van der Waals surface area (Å²) in [5.41, 5.74) is 3.82. The molecule has 1 aromatic heterocycles. The largest absolute Gasteiger partial charge is 0.348 e. The van der Waals surface area contributed by atoms with E-state index in [1.165, 1.54) is 0 Å². The van der Waals surface area contributed by atoms with Gasteiger partial charge in [0, 0.05) is 28.7 Å². The van der Waals surface area contributed by atoms with E-state index >= 15 is 0 Å². The van der Waals surface area contributed by atoms with Gasteiger partial charge in [0.2, 0.25) is 0 Å². The third-order valence-electron chi connectivity index (χ3n) is 4.23. The number of aromatic nitrogens is 1. The topological polar surface area (TPSA) is 68.2 Å². The highest BCUT2D eigenvalue weighted by molar-refractivity contribution is 7.91. The van der Waals surface area contributed by atoms with Crippen molar-refractivity contribution in [2.45, 2.75) is 26.3 Å². The molecule has 122 valence electrons. The van der Waals surface area contributed by atoms with Crippen LogP contribution in [0.2, 0.25) is 0 Å². The van der Waals surface area contributed by atoms with Gasteiger partial charge in [-0.05, 0) is 56.7 Å². The summed E-state index contributed by atoms with van der Waals surface area (Å²) < 4.78 is 25.0. The first-order chi connectivity index (χ1) is 10.9. The molecular formula is C17H20N2O3S. The van der Waals surface area contributed by atoms with E-state index < -0.39 is 9.84 Å². The molecular weight excluding hydrogens is 312 g/mol. The van der Waals surface area contributed by atoms with Crippen LogP contribution < -0.4 is 5.32 Å². The molecule has 1 saturated heterocycles. The first kappa shape index (κ1) is 15.8. The number of hydrogen-bond acceptors (Lipinski definition) is 3. The van der Waals surface area contributed by atoms with E-state index in [0.717, 1.165) is 17.1 Å². The molecule has 1 fully saturated rings. The molecule has 3 rings (SSSR count). The Morgan fingerprint density at radius 2 is 1.70 bits per heavy atom. The molecule has 0 bridgehead atoms. The standard InChI is InChI=1S/C17H20N2O3S/c1-12-3-4-13(2)19(12)16-7-5-14(6-8-16)17(20)18-15-9-10-23(21,22)11-15/h3-8,15H,9-11H2,1-2H3,(H,18,20)/t15-/m1/s1. The summed E-state index contributed by atoms with van der Waals surface area (Å²) in [7, 11) is -2.99. The number of aryl methyl sites for hydroxylation is 2. The van der Waals surface area contributed by atoms with Crippen molar-refractivity contribution >= 4 is 15.7 Å². The maximum Gasteiger partial charge on any atom is 0.251 e. The van der Waals surface area contributed by atoms with Crippen LogP contribution in [-0.4, -0.2) is 36.4 Å². The Bertz CT molecular complexity index is 816. The monoisotopic (exact) mass is 332 g/mol. The predicted octanol–water partition coefficient (Wildman–Crippen LogP) is 2.01. The van der Waals surface area contributed by atoms with Crippen molar-refractivity contribution in [2.75, 3.05) is 11.5 Å². The van der Waals surface area contributed by atoms with Crippen molar-refractivity contribution in [3.63, 3.8) is 0 Å². The zero-order valence-corrected chi connectivity index (χ0v) is 14.1. The van der Waals surface area contributed by atoms with Gasteiger partial charge in [0.05, 0.1) is 11.5 Å². The zero-order valence-electron chi connectivity index (χ0n) is 13.2. The Hall–Kier alpha value is -2.08. The molecule has 1 aliphatic rings. The molecule has 2 aromatic rings. The van der Waals surface area contributed by atoms with Crippen molar-refractivity contribution < 1.29 is 13.2 Å². The molecule has 5 nitrogen and oxygen atoms in total. The van der Waals surface area contributed by atoms with Crippen LogP contribution in [0.4, 0.5) is 0 Å². The Balaban J connectivity index is 1.74. The molecule has 2 heterocycles. The molecule has 23 heavy (non-hydrogen) atoms. The second-order valence-corrected chi connectivity index (χ2v) is 8.30. The van der Waals surface area contributed by atoms with Crippen LogP contribution in [-0.2, 0) is 9.84 Å². The van der Waals surface area contributed by atoms with Crippen molar-refractivity contribution in [2.24, 2.45) is 0 Å². The average molecular weight is 332 g/mol. The molecule has 0 aliphatic carbocycles. The Kier molecular flexibility index (Phi) is 4.02. The molecule has 0 unspecified atom stereocenters. The number of carbonyl (C=O) groups is 1. The summed E-state index contributed by atoms with van der Waals surface area (Å²) in [5.74, 6) is -0.0265. The van der Waals surface area contributed by atoms with Crippen LogP contribution in [0.15, 0.2) is 36.4 Å². The second-order valence-electron chi connectivity index (χ2n) is 6.07. The fourth-order valence-corrected chi connectivity index (χ4v) is 4.69. The van der Waals surface area contributed by atoms with Gasteiger partial charge in [0.1, 0.15) is 0 Å². The molecule has 1 aliphatic heterocycles. The van der Waals surface area contributed by atoms with E-state index in [-0.39, 0.29) is 23.5 Å². The van der Waals surface area contributed by atoms with Gasteiger partial charge in [-0.15, -0.1) is 0 Å². The summed E-state index contributed by atoms with van der Waals surface area (Å²) in [4.78, 5) is 12.2. The fourth-order valence-electron chi connectivity index (χ4n) is 3.02. The van der Waals surface area contributed by atoms with Crippen molar-refractivity contribution in [3.8, 4) is 5.69 Å². The number of nitrogens with zero attached hydrogens (tertiary/aromatic N) is 1. The number of amides is 1. The highest BCUT2D eigenvalue weighted by Crippen LogP contribution is 2.17. The summed E-state index contributed by atoms with van der Waals surface area (Å²) in [6.07, 6.45) is 0.494. The first-order valence-electron chi connectivity index (χ1n) is 7.62. The van der Waals surface area contributed by atoms with Gasteiger partial charge in [-0.1, -0.05) is 0 Å². The average Bonchev–Trinajstić information content (AvgIpc) is 3.01. The fraction of sp³-hybridized carbons (Fsp3) is 0.353. The molecule has 0 spiro atoms.